The van der Waals surface area contributed by atoms with Gasteiger partial charge >= 0.3 is 0 Å². The fourth-order valence-corrected chi connectivity index (χ4v) is 3.07. The second-order valence-electron chi connectivity index (χ2n) is 5.74. The van der Waals surface area contributed by atoms with Gasteiger partial charge in [-0.25, -0.2) is 4.39 Å². The number of anilines is 2. The number of carbonyl (C=O) groups is 2. The molecule has 0 fully saturated rings. The van der Waals surface area contributed by atoms with E-state index in [0.717, 1.165) is 15.5 Å². The molecule has 0 heterocycles. The highest BCUT2D eigenvalue weighted by Gasteiger charge is 2.15. The van der Waals surface area contributed by atoms with Crippen LogP contribution in [0.25, 0.3) is 0 Å². The Kier molecular flexibility index (Phi) is 7.44. The second kappa shape index (κ2) is 9.56. The molecule has 0 aliphatic heterocycles. The van der Waals surface area contributed by atoms with Gasteiger partial charge in [-0.15, -0.1) is 11.8 Å². The summed E-state index contributed by atoms with van der Waals surface area (Å²) < 4.78 is 13.1. The maximum atomic E-state index is 13.1. The van der Waals surface area contributed by atoms with Gasteiger partial charge in [-0.1, -0.05) is 23.7 Å². The molecule has 138 valence electrons. The zero-order valence-electron chi connectivity index (χ0n) is 14.4. The van der Waals surface area contributed by atoms with Crippen LogP contribution in [-0.4, -0.2) is 38.2 Å². The molecule has 3 N–H and O–H groups in total. The number of para-hydroxylation sites is 1. The van der Waals surface area contributed by atoms with Gasteiger partial charge < -0.3 is 15.5 Å². The number of carbonyl (C=O) groups excluding carboxylic acids is 2. The third-order valence-electron chi connectivity index (χ3n) is 3.51. The molecule has 26 heavy (non-hydrogen) atoms. The van der Waals surface area contributed by atoms with E-state index in [0.29, 0.717) is 5.69 Å². The van der Waals surface area contributed by atoms with E-state index in [2.05, 4.69) is 10.6 Å². The van der Waals surface area contributed by atoms with E-state index in [9.17, 15) is 14.0 Å². The third-order valence-corrected chi connectivity index (χ3v) is 4.59. The van der Waals surface area contributed by atoms with Crippen molar-refractivity contribution in [3.05, 3.63) is 53.3 Å². The predicted octanol–water partition coefficient (Wildman–Crippen LogP) is 2.29. The van der Waals surface area contributed by atoms with Gasteiger partial charge in [0, 0.05) is 10.6 Å². The Hall–Kier alpha value is -2.09. The summed E-state index contributed by atoms with van der Waals surface area (Å²) in [5, 5.41) is 5.43. The van der Waals surface area contributed by atoms with Gasteiger partial charge in [-0.2, -0.15) is 0 Å². The summed E-state index contributed by atoms with van der Waals surface area (Å²) in [4.78, 5) is 25.9. The summed E-state index contributed by atoms with van der Waals surface area (Å²) >= 11 is 7.23. The second-order valence-corrected chi connectivity index (χ2v) is 6.99. The van der Waals surface area contributed by atoms with Crippen LogP contribution in [0.2, 0.25) is 5.02 Å². The van der Waals surface area contributed by atoms with Gasteiger partial charge in [-0.3, -0.25) is 9.59 Å². The van der Waals surface area contributed by atoms with Crippen molar-refractivity contribution in [1.29, 1.82) is 0 Å². The van der Waals surface area contributed by atoms with E-state index in [1.165, 1.54) is 18.2 Å². The minimum atomic E-state index is -0.547. The Bertz CT molecular complexity index is 804. The van der Waals surface area contributed by atoms with Crippen LogP contribution in [0, 0.1) is 5.82 Å². The zero-order chi connectivity index (χ0) is 19.1. The Morgan fingerprint density at radius 1 is 1.12 bits per heavy atom. The average Bonchev–Trinajstić information content (AvgIpc) is 2.58. The molecule has 5 nitrogen and oxygen atoms in total. The molecule has 0 saturated heterocycles. The Morgan fingerprint density at radius 3 is 2.42 bits per heavy atom. The molecule has 0 spiro atoms. The van der Waals surface area contributed by atoms with Crippen molar-refractivity contribution in [2.24, 2.45) is 0 Å². The van der Waals surface area contributed by atoms with Crippen LogP contribution in [-0.2, 0) is 9.59 Å². The van der Waals surface area contributed by atoms with Crippen LogP contribution in [0.3, 0.4) is 0 Å². The molecule has 0 aliphatic carbocycles. The maximum absolute atomic E-state index is 13.1. The van der Waals surface area contributed by atoms with Crippen molar-refractivity contribution < 1.29 is 18.9 Å². The number of benzene rings is 2. The highest BCUT2D eigenvalue weighted by molar-refractivity contribution is 7.98. The monoisotopic (exact) mass is 396 g/mol. The van der Waals surface area contributed by atoms with E-state index in [4.69, 9.17) is 11.6 Å². The van der Waals surface area contributed by atoms with E-state index < -0.39 is 5.82 Å². The number of rotatable bonds is 7. The Morgan fingerprint density at radius 2 is 1.77 bits per heavy atom. The fraction of sp³-hybridized carbons (Fsp3) is 0.222. The van der Waals surface area contributed by atoms with Gasteiger partial charge in [0.1, 0.15) is 5.82 Å². The number of likely N-dealkylation sites (N-methyl/N-ethyl adjacent to an activating group) is 1. The third kappa shape index (κ3) is 6.01. The van der Waals surface area contributed by atoms with Crippen LogP contribution >= 0.6 is 23.4 Å². The SMILES string of the molecule is CSc1ccccc1NC(=O)C[NH+](C)CC(=O)Nc1ccc(F)c(Cl)c1. The van der Waals surface area contributed by atoms with Crippen molar-refractivity contribution in [3.63, 3.8) is 0 Å². The smallest absolute Gasteiger partial charge is 0.279 e. The molecule has 2 rings (SSSR count). The maximum Gasteiger partial charge on any atom is 0.279 e. The Labute approximate surface area is 160 Å². The van der Waals surface area contributed by atoms with Gasteiger partial charge in [0.05, 0.1) is 17.8 Å². The van der Waals surface area contributed by atoms with E-state index >= 15 is 0 Å². The summed E-state index contributed by atoms with van der Waals surface area (Å²) in [6.07, 6.45) is 1.94. The van der Waals surface area contributed by atoms with Crippen LogP contribution < -0.4 is 15.5 Å². The Balaban J connectivity index is 1.85. The number of hydrogen-bond donors (Lipinski definition) is 3. The van der Waals surface area contributed by atoms with Gasteiger partial charge in [0.25, 0.3) is 11.8 Å². The number of quaternary nitrogens is 1. The number of thioether (sulfide) groups is 1. The van der Waals surface area contributed by atoms with Crippen molar-refractivity contribution in [2.45, 2.75) is 4.90 Å². The first-order chi connectivity index (χ1) is 12.4. The van der Waals surface area contributed by atoms with Crippen molar-refractivity contribution in [1.82, 2.24) is 0 Å². The first kappa shape index (κ1) is 20.2. The normalized spacial score (nSPS) is 11.7. The first-order valence-corrected chi connectivity index (χ1v) is 9.48. The van der Waals surface area contributed by atoms with Crippen LogP contribution in [0.4, 0.5) is 15.8 Å². The predicted molar refractivity (Wildman–Crippen MR) is 104 cm³/mol. The molecule has 2 aromatic rings. The lowest BCUT2D eigenvalue weighted by Crippen LogP contribution is -3.11. The zero-order valence-corrected chi connectivity index (χ0v) is 16.0. The number of halogens is 2. The number of nitrogens with one attached hydrogen (secondary N) is 3. The molecule has 0 saturated carbocycles. The number of amides is 2. The average molecular weight is 397 g/mol. The molecule has 0 aromatic heterocycles. The van der Waals surface area contributed by atoms with E-state index in [-0.39, 0.29) is 29.9 Å². The summed E-state index contributed by atoms with van der Waals surface area (Å²) in [5.41, 5.74) is 1.16. The van der Waals surface area contributed by atoms with Gasteiger partial charge in [0.2, 0.25) is 0 Å². The molecule has 0 radical (unpaired) electrons. The highest BCUT2D eigenvalue weighted by atomic mass is 35.5. The fourth-order valence-electron chi connectivity index (χ4n) is 2.33. The van der Waals surface area contributed by atoms with Crippen molar-refractivity contribution in [3.8, 4) is 0 Å². The lowest BCUT2D eigenvalue weighted by atomic mass is 10.3. The molecular weight excluding hydrogens is 377 g/mol. The van der Waals surface area contributed by atoms with Crippen LogP contribution in [0.15, 0.2) is 47.4 Å². The van der Waals surface area contributed by atoms with E-state index in [1.807, 2.05) is 30.5 Å². The molecule has 2 amide bonds. The molecule has 0 bridgehead atoms. The molecule has 1 unspecified atom stereocenters. The number of hydrogen-bond acceptors (Lipinski definition) is 3. The molecular formula is C18H20ClFN3O2S+. The highest BCUT2D eigenvalue weighted by Crippen LogP contribution is 2.24. The van der Waals surface area contributed by atoms with Crippen molar-refractivity contribution >= 4 is 46.6 Å². The lowest BCUT2D eigenvalue weighted by Gasteiger charge is -2.15. The molecule has 1 atom stereocenters. The summed E-state index contributed by atoms with van der Waals surface area (Å²) in [5.74, 6) is -1.02. The quantitative estimate of drug-likeness (QED) is 0.629. The van der Waals surface area contributed by atoms with Gasteiger partial charge in [-0.05, 0) is 36.6 Å². The van der Waals surface area contributed by atoms with Gasteiger partial charge in [0.15, 0.2) is 13.1 Å². The minimum absolute atomic E-state index is 0.0599. The van der Waals surface area contributed by atoms with Crippen molar-refractivity contribution in [2.75, 3.05) is 37.0 Å². The van der Waals surface area contributed by atoms with Crippen LogP contribution in [0.1, 0.15) is 0 Å². The first-order valence-electron chi connectivity index (χ1n) is 7.88. The molecule has 8 heteroatoms. The lowest BCUT2D eigenvalue weighted by molar-refractivity contribution is -0.862. The topological polar surface area (TPSA) is 62.6 Å². The summed E-state index contributed by atoms with van der Waals surface area (Å²) in [7, 11) is 1.75. The summed E-state index contributed by atoms with van der Waals surface area (Å²) in [6, 6.07) is 11.5. The van der Waals surface area contributed by atoms with E-state index in [1.54, 1.807) is 18.8 Å². The standard InChI is InChI=1S/C18H19ClFN3O2S/c1-23(10-17(24)21-12-7-8-14(20)13(19)9-12)11-18(25)22-15-5-3-4-6-16(15)26-2/h3-9H,10-11H2,1-2H3,(H,21,24)(H,22,25)/p+1. The largest absolute Gasteiger partial charge is 0.322 e. The molecule has 2 aromatic carbocycles. The summed E-state index contributed by atoms with van der Waals surface area (Å²) in [6.45, 7) is 0.229. The minimum Gasteiger partial charge on any atom is -0.322 e. The van der Waals surface area contributed by atoms with Crippen LogP contribution in [0.5, 0.6) is 0 Å². The molecule has 0 aliphatic rings.